The predicted molar refractivity (Wildman–Crippen MR) is 102 cm³/mol. The van der Waals surface area contributed by atoms with E-state index in [2.05, 4.69) is 17.1 Å². The number of hydrogen-bond acceptors (Lipinski definition) is 4. The van der Waals surface area contributed by atoms with Crippen molar-refractivity contribution in [2.24, 2.45) is 5.92 Å². The molecule has 2 atom stereocenters. The van der Waals surface area contributed by atoms with Crippen LogP contribution in [-0.4, -0.2) is 63.0 Å². The Hall–Kier alpha value is -2.73. The molecule has 144 valence electrons. The second-order valence-electron chi connectivity index (χ2n) is 8.10. The number of rotatable bonds is 4. The summed E-state index contributed by atoms with van der Waals surface area (Å²) in [5.41, 5.74) is 1.12. The zero-order chi connectivity index (χ0) is 19.3. The van der Waals surface area contributed by atoms with E-state index in [1.165, 1.54) is 0 Å². The Balaban J connectivity index is 1.44. The molecule has 2 saturated heterocycles. The molecule has 6 heteroatoms. The number of carbonyl (C=O) groups is 2. The fraction of sp³-hybridized carbons (Fsp3) is 0.409. The van der Waals surface area contributed by atoms with Gasteiger partial charge in [-0.05, 0) is 30.5 Å². The van der Waals surface area contributed by atoms with Gasteiger partial charge < -0.3 is 14.9 Å². The molecule has 2 aliphatic heterocycles. The molecule has 1 aromatic carbocycles. The van der Waals surface area contributed by atoms with Crippen LogP contribution >= 0.6 is 0 Å². The van der Waals surface area contributed by atoms with E-state index >= 15 is 0 Å². The molecule has 28 heavy (non-hydrogen) atoms. The van der Waals surface area contributed by atoms with Crippen LogP contribution in [0.15, 0.2) is 54.7 Å². The van der Waals surface area contributed by atoms with Gasteiger partial charge in [-0.1, -0.05) is 36.4 Å². The van der Waals surface area contributed by atoms with Crippen molar-refractivity contribution in [3.8, 4) is 0 Å². The number of likely N-dealkylation sites (tertiary alicyclic amines) is 2. The number of aliphatic hydroxyl groups excluding tert-OH is 1. The number of hydrogen-bond donors (Lipinski definition) is 1. The second-order valence-corrected chi connectivity index (χ2v) is 8.10. The second kappa shape index (κ2) is 6.41. The van der Waals surface area contributed by atoms with Crippen molar-refractivity contribution in [1.29, 1.82) is 0 Å². The van der Waals surface area contributed by atoms with E-state index in [0.717, 1.165) is 18.4 Å². The number of aromatic nitrogens is 1. The van der Waals surface area contributed by atoms with Crippen LogP contribution in [0.2, 0.25) is 0 Å². The van der Waals surface area contributed by atoms with Gasteiger partial charge >= 0.3 is 0 Å². The molecule has 0 bridgehead atoms. The third-order valence-electron chi connectivity index (χ3n) is 6.39. The van der Waals surface area contributed by atoms with Crippen LogP contribution in [0.3, 0.4) is 0 Å². The van der Waals surface area contributed by atoms with E-state index in [-0.39, 0.29) is 36.3 Å². The average Bonchev–Trinajstić information content (AvgIpc) is 3.53. The number of aliphatic hydroxyl groups is 1. The van der Waals surface area contributed by atoms with Crippen molar-refractivity contribution in [2.75, 3.05) is 19.7 Å². The van der Waals surface area contributed by atoms with Crippen LogP contribution in [0, 0.1) is 5.92 Å². The van der Waals surface area contributed by atoms with Gasteiger partial charge in [0, 0.05) is 31.1 Å². The summed E-state index contributed by atoms with van der Waals surface area (Å²) < 4.78 is 0. The fourth-order valence-corrected chi connectivity index (χ4v) is 4.95. The van der Waals surface area contributed by atoms with E-state index in [1.807, 2.05) is 23.1 Å². The summed E-state index contributed by atoms with van der Waals surface area (Å²) in [6.07, 6.45) is 3.47. The lowest BCUT2D eigenvalue weighted by Crippen LogP contribution is -2.86. The van der Waals surface area contributed by atoms with E-state index in [1.54, 1.807) is 29.3 Å². The van der Waals surface area contributed by atoms with Crippen LogP contribution in [0.4, 0.5) is 0 Å². The first-order valence-corrected chi connectivity index (χ1v) is 9.85. The highest BCUT2D eigenvalue weighted by Gasteiger charge is 2.69. The highest BCUT2D eigenvalue weighted by Crippen LogP contribution is 2.55. The molecular formula is C22H23N3O3. The normalized spacial score (nSPS) is 25.2. The van der Waals surface area contributed by atoms with Gasteiger partial charge in [0.1, 0.15) is 5.69 Å². The maximum atomic E-state index is 13.0. The maximum Gasteiger partial charge on any atom is 0.272 e. The van der Waals surface area contributed by atoms with Gasteiger partial charge in [-0.25, -0.2) is 0 Å². The van der Waals surface area contributed by atoms with E-state index < -0.39 is 5.54 Å². The molecule has 5 rings (SSSR count). The summed E-state index contributed by atoms with van der Waals surface area (Å²) in [6.45, 7) is 0.905. The summed E-state index contributed by atoms with van der Waals surface area (Å²) in [5.74, 6) is 0.151. The van der Waals surface area contributed by atoms with Gasteiger partial charge in [-0.15, -0.1) is 0 Å². The molecule has 1 spiro atoms. The van der Waals surface area contributed by atoms with Crippen molar-refractivity contribution in [1.82, 2.24) is 14.8 Å². The van der Waals surface area contributed by atoms with Gasteiger partial charge in [0.2, 0.25) is 5.91 Å². The first-order chi connectivity index (χ1) is 13.7. The quantitative estimate of drug-likeness (QED) is 0.880. The molecule has 1 saturated carbocycles. The molecule has 3 heterocycles. The summed E-state index contributed by atoms with van der Waals surface area (Å²) >= 11 is 0. The molecule has 2 amide bonds. The highest BCUT2D eigenvalue weighted by atomic mass is 16.3. The first kappa shape index (κ1) is 17.4. The number of pyridine rings is 1. The van der Waals surface area contributed by atoms with Gasteiger partial charge in [0.25, 0.3) is 5.91 Å². The molecule has 3 aliphatic rings. The Labute approximate surface area is 163 Å². The van der Waals surface area contributed by atoms with Crippen LogP contribution < -0.4 is 0 Å². The summed E-state index contributed by atoms with van der Waals surface area (Å²) in [7, 11) is 0. The standard InChI is InChI=1S/C22H23N3O3/c26-12-18-19(15-6-2-1-3-7-15)22(25(18)20(27)16-9-10-16)13-24(14-22)21(28)17-8-4-5-11-23-17/h1-8,11,16,18-19,26H,9-10,12-14H2/t18-,19-/m1/s1. The topological polar surface area (TPSA) is 73.7 Å². The monoisotopic (exact) mass is 377 g/mol. The molecular weight excluding hydrogens is 354 g/mol. The maximum absolute atomic E-state index is 13.0. The number of benzene rings is 1. The van der Waals surface area contributed by atoms with Crippen LogP contribution in [0.25, 0.3) is 0 Å². The van der Waals surface area contributed by atoms with Gasteiger partial charge in [0.15, 0.2) is 0 Å². The first-order valence-electron chi connectivity index (χ1n) is 9.85. The van der Waals surface area contributed by atoms with Crippen molar-refractivity contribution in [3.05, 3.63) is 66.0 Å². The molecule has 1 aromatic heterocycles. The van der Waals surface area contributed by atoms with Crippen molar-refractivity contribution in [3.63, 3.8) is 0 Å². The van der Waals surface area contributed by atoms with Crippen LogP contribution in [0.5, 0.6) is 0 Å². The zero-order valence-electron chi connectivity index (χ0n) is 15.6. The SMILES string of the molecule is O=C(c1ccccn1)N1CC2(C1)[C@H](c1ccccc1)[C@@H](CO)N2C(=O)C1CC1. The third kappa shape index (κ3) is 2.48. The fourth-order valence-electron chi connectivity index (χ4n) is 4.95. The lowest BCUT2D eigenvalue weighted by atomic mass is 9.60. The van der Waals surface area contributed by atoms with Crippen LogP contribution in [-0.2, 0) is 4.79 Å². The third-order valence-corrected chi connectivity index (χ3v) is 6.39. The van der Waals surface area contributed by atoms with Gasteiger partial charge in [-0.2, -0.15) is 0 Å². The Morgan fingerprint density at radius 2 is 1.79 bits per heavy atom. The van der Waals surface area contributed by atoms with Crippen molar-refractivity contribution in [2.45, 2.75) is 30.3 Å². The molecule has 2 aromatic rings. The Kier molecular flexibility index (Phi) is 3.98. The summed E-state index contributed by atoms with van der Waals surface area (Å²) in [5, 5.41) is 10.1. The minimum Gasteiger partial charge on any atom is -0.394 e. The smallest absolute Gasteiger partial charge is 0.272 e. The number of carbonyl (C=O) groups excluding carboxylic acids is 2. The molecule has 6 nitrogen and oxygen atoms in total. The van der Waals surface area contributed by atoms with Crippen LogP contribution in [0.1, 0.15) is 34.8 Å². The molecule has 0 unspecified atom stereocenters. The van der Waals surface area contributed by atoms with Gasteiger partial charge in [0.05, 0.1) is 18.2 Å². The average molecular weight is 377 g/mol. The molecule has 3 fully saturated rings. The Bertz CT molecular complexity index is 892. The summed E-state index contributed by atoms with van der Waals surface area (Å²) in [4.78, 5) is 33.6. The molecule has 1 aliphatic carbocycles. The summed E-state index contributed by atoms with van der Waals surface area (Å²) in [6, 6.07) is 15.1. The minimum absolute atomic E-state index is 0.0363. The molecule has 0 radical (unpaired) electrons. The Morgan fingerprint density at radius 1 is 1.07 bits per heavy atom. The lowest BCUT2D eigenvalue weighted by Gasteiger charge is -2.70. The number of amides is 2. The largest absolute Gasteiger partial charge is 0.394 e. The van der Waals surface area contributed by atoms with Crippen molar-refractivity contribution < 1.29 is 14.7 Å². The van der Waals surface area contributed by atoms with Crippen molar-refractivity contribution >= 4 is 11.8 Å². The predicted octanol–water partition coefficient (Wildman–Crippen LogP) is 1.67. The van der Waals surface area contributed by atoms with E-state index in [0.29, 0.717) is 18.8 Å². The Morgan fingerprint density at radius 3 is 2.39 bits per heavy atom. The highest BCUT2D eigenvalue weighted by molar-refractivity contribution is 5.94. The molecule has 1 N–H and O–H groups in total. The van der Waals surface area contributed by atoms with Gasteiger partial charge in [-0.3, -0.25) is 14.6 Å². The zero-order valence-corrected chi connectivity index (χ0v) is 15.6. The number of nitrogens with zero attached hydrogens (tertiary/aromatic N) is 3. The minimum atomic E-state index is -0.418. The lowest BCUT2D eigenvalue weighted by molar-refractivity contribution is -0.194. The van der Waals surface area contributed by atoms with E-state index in [9.17, 15) is 14.7 Å². The van der Waals surface area contributed by atoms with E-state index in [4.69, 9.17) is 0 Å².